The van der Waals surface area contributed by atoms with Crippen molar-refractivity contribution in [1.29, 1.82) is 5.26 Å². The molecule has 0 saturated carbocycles. The van der Waals surface area contributed by atoms with Crippen molar-refractivity contribution in [3.63, 3.8) is 0 Å². The molecule has 4 rings (SSSR count). The molecule has 0 bridgehead atoms. The zero-order valence-electron chi connectivity index (χ0n) is 11.3. The third-order valence-electron chi connectivity index (χ3n) is 3.81. The first-order valence-electron chi connectivity index (χ1n) is 6.87. The van der Waals surface area contributed by atoms with Gasteiger partial charge in [0.25, 0.3) is 0 Å². The quantitative estimate of drug-likeness (QED) is 0.493. The minimum absolute atomic E-state index is 0.675. The Bertz CT molecular complexity index is 950. The van der Waals surface area contributed by atoms with Crippen molar-refractivity contribution >= 4 is 21.8 Å². The average molecular weight is 268 g/mol. The molecule has 0 radical (unpaired) electrons. The number of hydrogen-bond donors (Lipinski definition) is 0. The van der Waals surface area contributed by atoms with Gasteiger partial charge in [-0.2, -0.15) is 5.26 Å². The van der Waals surface area contributed by atoms with Crippen molar-refractivity contribution < 1.29 is 0 Å². The van der Waals surface area contributed by atoms with Gasteiger partial charge in [-0.3, -0.25) is 0 Å². The van der Waals surface area contributed by atoms with Gasteiger partial charge in [-0.25, -0.2) is 0 Å². The number of rotatable bonds is 1. The topological polar surface area (TPSA) is 28.7 Å². The second-order valence-corrected chi connectivity index (χ2v) is 5.03. The van der Waals surface area contributed by atoms with Crippen molar-refractivity contribution in [2.45, 2.75) is 0 Å². The highest BCUT2D eigenvalue weighted by molar-refractivity contribution is 6.09. The molecule has 4 aromatic rings. The van der Waals surface area contributed by atoms with Crippen LogP contribution in [0.15, 0.2) is 72.8 Å². The third-order valence-corrected chi connectivity index (χ3v) is 3.81. The van der Waals surface area contributed by atoms with Crippen LogP contribution in [-0.4, -0.2) is 4.57 Å². The predicted octanol–water partition coefficient (Wildman–Crippen LogP) is 4.66. The first-order valence-corrected chi connectivity index (χ1v) is 6.87. The first-order chi connectivity index (χ1) is 10.4. The fraction of sp³-hybridized carbons (Fsp3) is 0. The molecule has 0 unspecified atom stereocenters. The van der Waals surface area contributed by atoms with Gasteiger partial charge in [0.2, 0.25) is 0 Å². The summed E-state index contributed by atoms with van der Waals surface area (Å²) < 4.78 is 2.21. The third kappa shape index (κ3) is 1.72. The summed E-state index contributed by atoms with van der Waals surface area (Å²) >= 11 is 0. The number of fused-ring (bicyclic) bond motifs is 3. The second-order valence-electron chi connectivity index (χ2n) is 5.03. The van der Waals surface area contributed by atoms with Gasteiger partial charge >= 0.3 is 0 Å². The lowest BCUT2D eigenvalue weighted by atomic mass is 10.2. The smallest absolute Gasteiger partial charge is 0.0992 e. The van der Waals surface area contributed by atoms with E-state index in [1.54, 1.807) is 0 Å². The molecule has 98 valence electrons. The van der Waals surface area contributed by atoms with E-state index in [0.717, 1.165) is 16.7 Å². The summed E-state index contributed by atoms with van der Waals surface area (Å²) in [5, 5.41) is 11.6. The highest BCUT2D eigenvalue weighted by Crippen LogP contribution is 2.31. The summed E-state index contributed by atoms with van der Waals surface area (Å²) in [7, 11) is 0. The highest BCUT2D eigenvalue weighted by atomic mass is 15.0. The molecule has 0 amide bonds. The van der Waals surface area contributed by atoms with Gasteiger partial charge in [-0.1, -0.05) is 42.5 Å². The molecule has 0 aliphatic rings. The number of para-hydroxylation sites is 2. The second kappa shape index (κ2) is 4.50. The monoisotopic (exact) mass is 268 g/mol. The van der Waals surface area contributed by atoms with Crippen molar-refractivity contribution in [3.05, 3.63) is 78.4 Å². The molecule has 0 fully saturated rings. The highest BCUT2D eigenvalue weighted by Gasteiger charge is 2.11. The molecule has 2 heteroatoms. The van der Waals surface area contributed by atoms with Crippen LogP contribution in [-0.2, 0) is 0 Å². The van der Waals surface area contributed by atoms with Crippen molar-refractivity contribution in [3.8, 4) is 11.8 Å². The largest absolute Gasteiger partial charge is 0.309 e. The number of hydrogen-bond acceptors (Lipinski definition) is 1. The Kier molecular flexibility index (Phi) is 2.52. The molecule has 1 heterocycles. The Morgan fingerprint density at radius 2 is 1.33 bits per heavy atom. The van der Waals surface area contributed by atoms with Crippen LogP contribution in [0.5, 0.6) is 0 Å². The van der Waals surface area contributed by atoms with Crippen LogP contribution in [0.4, 0.5) is 0 Å². The lowest BCUT2D eigenvalue weighted by Gasteiger charge is -2.07. The number of benzene rings is 3. The summed E-state index contributed by atoms with van der Waals surface area (Å²) in [6.45, 7) is 0. The Balaban J connectivity index is 2.17. The number of nitrogens with zero attached hydrogens (tertiary/aromatic N) is 2. The Hall–Kier alpha value is -3.05. The van der Waals surface area contributed by atoms with Crippen molar-refractivity contribution in [2.24, 2.45) is 0 Å². The van der Waals surface area contributed by atoms with E-state index in [9.17, 15) is 0 Å². The van der Waals surface area contributed by atoms with E-state index in [1.165, 1.54) is 10.8 Å². The van der Waals surface area contributed by atoms with Gasteiger partial charge < -0.3 is 4.57 Å². The average Bonchev–Trinajstić information content (AvgIpc) is 2.89. The maximum absolute atomic E-state index is 9.13. The summed E-state index contributed by atoms with van der Waals surface area (Å²) in [5.74, 6) is 0. The van der Waals surface area contributed by atoms with Crippen LogP contribution in [0.25, 0.3) is 27.5 Å². The van der Waals surface area contributed by atoms with Crippen LogP contribution >= 0.6 is 0 Å². The van der Waals surface area contributed by atoms with Gasteiger partial charge in [-0.15, -0.1) is 0 Å². The van der Waals surface area contributed by atoms with E-state index in [1.807, 2.05) is 36.4 Å². The molecule has 21 heavy (non-hydrogen) atoms. The maximum atomic E-state index is 9.13. The molecular weight excluding hydrogens is 256 g/mol. The summed E-state index contributed by atoms with van der Waals surface area (Å²) in [6.07, 6.45) is 0. The lowest BCUT2D eigenvalue weighted by Crippen LogP contribution is -1.93. The molecule has 0 atom stereocenters. The molecule has 3 aromatic carbocycles. The van der Waals surface area contributed by atoms with Gasteiger partial charge in [0, 0.05) is 16.5 Å². The molecule has 2 nitrogen and oxygen atoms in total. The SMILES string of the molecule is N#Cc1cccc(-n2c3ccccc3c3ccccc32)c1. The van der Waals surface area contributed by atoms with E-state index < -0.39 is 0 Å². The minimum Gasteiger partial charge on any atom is -0.309 e. The molecule has 0 aliphatic carbocycles. The van der Waals surface area contributed by atoms with Crippen LogP contribution in [0, 0.1) is 11.3 Å². The molecule has 1 aromatic heterocycles. The molecule has 0 aliphatic heterocycles. The molecular formula is C19H12N2. The molecule has 0 saturated heterocycles. The standard InChI is InChI=1S/C19H12N2/c20-13-14-6-5-7-15(12-14)21-18-10-3-1-8-16(18)17-9-2-4-11-19(17)21/h1-12H. The Morgan fingerprint density at radius 3 is 1.95 bits per heavy atom. The zero-order valence-corrected chi connectivity index (χ0v) is 11.3. The van der Waals surface area contributed by atoms with E-state index in [4.69, 9.17) is 5.26 Å². The maximum Gasteiger partial charge on any atom is 0.0992 e. The Labute approximate surface area is 122 Å². The van der Waals surface area contributed by atoms with Gasteiger partial charge in [0.1, 0.15) is 0 Å². The molecule has 0 N–H and O–H groups in total. The van der Waals surface area contributed by atoms with E-state index in [0.29, 0.717) is 5.56 Å². The summed E-state index contributed by atoms with van der Waals surface area (Å²) in [5.41, 5.74) is 4.02. The predicted molar refractivity (Wildman–Crippen MR) is 85.5 cm³/mol. The van der Waals surface area contributed by atoms with Gasteiger partial charge in [-0.05, 0) is 30.3 Å². The van der Waals surface area contributed by atoms with E-state index in [-0.39, 0.29) is 0 Å². The zero-order chi connectivity index (χ0) is 14.2. The fourth-order valence-corrected chi connectivity index (χ4v) is 2.92. The van der Waals surface area contributed by atoms with Crippen LogP contribution in [0.2, 0.25) is 0 Å². The first kappa shape index (κ1) is 11.7. The number of aromatic nitrogens is 1. The number of nitriles is 1. The van der Waals surface area contributed by atoms with Gasteiger partial charge in [0.05, 0.1) is 22.7 Å². The molecule has 0 spiro atoms. The Morgan fingerprint density at radius 1 is 0.714 bits per heavy atom. The van der Waals surface area contributed by atoms with Crippen molar-refractivity contribution in [2.75, 3.05) is 0 Å². The fourth-order valence-electron chi connectivity index (χ4n) is 2.92. The van der Waals surface area contributed by atoms with Crippen LogP contribution in [0.1, 0.15) is 5.56 Å². The normalized spacial score (nSPS) is 10.8. The minimum atomic E-state index is 0.675. The van der Waals surface area contributed by atoms with E-state index >= 15 is 0 Å². The summed E-state index contributed by atoms with van der Waals surface area (Å²) in [4.78, 5) is 0. The van der Waals surface area contributed by atoms with Gasteiger partial charge in [0.15, 0.2) is 0 Å². The van der Waals surface area contributed by atoms with Crippen LogP contribution < -0.4 is 0 Å². The summed E-state index contributed by atoms with van der Waals surface area (Å²) in [6, 6.07) is 26.7. The van der Waals surface area contributed by atoms with E-state index in [2.05, 4.69) is 47.0 Å². The van der Waals surface area contributed by atoms with Crippen LogP contribution in [0.3, 0.4) is 0 Å². The lowest BCUT2D eigenvalue weighted by molar-refractivity contribution is 1.18. The van der Waals surface area contributed by atoms with Crippen molar-refractivity contribution in [1.82, 2.24) is 4.57 Å².